The van der Waals surface area contributed by atoms with Crippen LogP contribution in [0, 0.1) is 0 Å². The minimum absolute atomic E-state index is 0.125. The number of aromatic nitrogens is 4. The van der Waals surface area contributed by atoms with Crippen LogP contribution < -0.4 is 0 Å². The predicted molar refractivity (Wildman–Crippen MR) is 64.8 cm³/mol. The monoisotopic (exact) mass is 234 g/mol. The normalized spacial score (nSPS) is 13.3. The van der Waals surface area contributed by atoms with Crippen LogP contribution in [0.1, 0.15) is 52.9 Å². The van der Waals surface area contributed by atoms with Gasteiger partial charge in [-0.05, 0) is 10.3 Å². The second-order valence-electron chi connectivity index (χ2n) is 6.36. The molecule has 0 bridgehead atoms. The fourth-order valence-corrected chi connectivity index (χ4v) is 1.70. The largest absolute Gasteiger partial charge is 0.243 e. The number of hydrogen-bond acceptors (Lipinski definition) is 5. The summed E-state index contributed by atoms with van der Waals surface area (Å²) in [5.41, 5.74) is 2.83. The van der Waals surface area contributed by atoms with Gasteiger partial charge in [-0.1, -0.05) is 41.5 Å². The molecule has 0 amide bonds. The van der Waals surface area contributed by atoms with Gasteiger partial charge >= 0.3 is 0 Å². The highest BCUT2D eigenvalue weighted by molar-refractivity contribution is 5.79. The molecule has 92 valence electrons. The Kier molecular flexibility index (Phi) is 2.45. The third-order valence-corrected chi connectivity index (χ3v) is 2.61. The van der Waals surface area contributed by atoms with Crippen LogP contribution in [0.2, 0.25) is 0 Å². The first-order chi connectivity index (χ1) is 7.71. The zero-order chi connectivity index (χ0) is 12.8. The fraction of sp³-hybridized carbons (Fsp3) is 0.667. The van der Waals surface area contributed by atoms with Gasteiger partial charge < -0.3 is 0 Å². The molecule has 0 aliphatic heterocycles. The van der Waals surface area contributed by atoms with E-state index in [1.54, 1.807) is 0 Å². The van der Waals surface area contributed by atoms with Crippen molar-refractivity contribution in [2.75, 3.05) is 0 Å². The van der Waals surface area contributed by atoms with E-state index in [0.29, 0.717) is 0 Å². The van der Waals surface area contributed by atoms with Crippen LogP contribution in [0.15, 0.2) is 4.63 Å². The molecular weight excluding hydrogens is 216 g/mol. The van der Waals surface area contributed by atoms with Crippen molar-refractivity contribution in [2.24, 2.45) is 0 Å². The molecule has 2 heterocycles. The van der Waals surface area contributed by atoms with E-state index in [4.69, 9.17) is 4.63 Å². The Morgan fingerprint density at radius 3 is 1.35 bits per heavy atom. The molecule has 0 spiro atoms. The van der Waals surface area contributed by atoms with Crippen LogP contribution in [0.3, 0.4) is 0 Å². The second-order valence-corrected chi connectivity index (χ2v) is 6.36. The average Bonchev–Trinajstić information content (AvgIpc) is 2.60. The predicted octanol–water partition coefficient (Wildman–Crippen LogP) is 2.61. The molecular formula is C12H18N4O. The zero-order valence-electron chi connectivity index (χ0n) is 11.2. The first-order valence-electron chi connectivity index (χ1n) is 5.71. The van der Waals surface area contributed by atoms with Crippen molar-refractivity contribution in [2.45, 2.75) is 52.4 Å². The number of nitrogens with zero attached hydrogens (tertiary/aromatic N) is 4. The third kappa shape index (κ3) is 2.01. The van der Waals surface area contributed by atoms with Gasteiger partial charge in [-0.15, -0.1) is 0 Å². The smallest absolute Gasteiger partial charge is 0.161 e. The average molecular weight is 234 g/mol. The maximum Gasteiger partial charge on any atom is 0.161 e. The van der Waals surface area contributed by atoms with Crippen molar-refractivity contribution in [3.05, 3.63) is 11.4 Å². The Morgan fingerprint density at radius 2 is 1.06 bits per heavy atom. The molecule has 5 heteroatoms. The Bertz CT molecular complexity index is 498. The molecule has 0 radical (unpaired) electrons. The summed E-state index contributed by atoms with van der Waals surface area (Å²) in [6.07, 6.45) is 0. The standard InChI is InChI=1S/C12H18N4O/c1-11(2,3)9-7-8(16-17-15-7)10(14-13-9)12(4,5)6/h1-6H3. The van der Waals surface area contributed by atoms with E-state index in [2.05, 4.69) is 62.1 Å². The van der Waals surface area contributed by atoms with Crippen molar-refractivity contribution in [3.63, 3.8) is 0 Å². The lowest BCUT2D eigenvalue weighted by Crippen LogP contribution is -2.20. The third-order valence-electron chi connectivity index (χ3n) is 2.61. The fourth-order valence-electron chi connectivity index (χ4n) is 1.70. The molecule has 0 fully saturated rings. The molecule has 0 saturated carbocycles. The lowest BCUT2D eigenvalue weighted by atomic mass is 9.87. The highest BCUT2D eigenvalue weighted by atomic mass is 16.6. The summed E-state index contributed by atoms with van der Waals surface area (Å²) >= 11 is 0. The molecule has 0 aromatic carbocycles. The summed E-state index contributed by atoms with van der Waals surface area (Å²) in [7, 11) is 0. The van der Waals surface area contributed by atoms with E-state index < -0.39 is 0 Å². The molecule has 0 aliphatic carbocycles. The van der Waals surface area contributed by atoms with Crippen molar-refractivity contribution < 1.29 is 4.63 Å². The molecule has 0 aliphatic rings. The maximum atomic E-state index is 4.86. The van der Waals surface area contributed by atoms with Crippen molar-refractivity contribution in [3.8, 4) is 0 Å². The van der Waals surface area contributed by atoms with Crippen LogP contribution in [0.5, 0.6) is 0 Å². The van der Waals surface area contributed by atoms with Crippen LogP contribution >= 0.6 is 0 Å². The lowest BCUT2D eigenvalue weighted by molar-refractivity contribution is 0.314. The van der Waals surface area contributed by atoms with Crippen LogP contribution in [0.4, 0.5) is 0 Å². The van der Waals surface area contributed by atoms with Gasteiger partial charge in [-0.25, -0.2) is 4.63 Å². The minimum atomic E-state index is -0.125. The van der Waals surface area contributed by atoms with E-state index in [9.17, 15) is 0 Å². The number of fused-ring (bicyclic) bond motifs is 1. The minimum Gasteiger partial charge on any atom is -0.243 e. The molecule has 2 aromatic rings. The number of rotatable bonds is 0. The van der Waals surface area contributed by atoms with Gasteiger partial charge in [0, 0.05) is 10.8 Å². The van der Waals surface area contributed by atoms with Gasteiger partial charge in [0.1, 0.15) is 0 Å². The highest BCUT2D eigenvalue weighted by Gasteiger charge is 2.28. The lowest BCUT2D eigenvalue weighted by Gasteiger charge is -2.20. The number of hydrogen-bond donors (Lipinski definition) is 0. The SMILES string of the molecule is CC(C)(C)c1nnc(C(C)(C)C)c2nonc12. The molecule has 17 heavy (non-hydrogen) atoms. The van der Waals surface area contributed by atoms with Gasteiger partial charge in [0.15, 0.2) is 11.0 Å². The Balaban J connectivity index is 2.76. The maximum absolute atomic E-state index is 4.86. The van der Waals surface area contributed by atoms with Crippen LogP contribution in [-0.2, 0) is 10.8 Å². The van der Waals surface area contributed by atoms with E-state index in [1.807, 2.05) is 0 Å². The molecule has 5 nitrogen and oxygen atoms in total. The van der Waals surface area contributed by atoms with Gasteiger partial charge in [0.25, 0.3) is 0 Å². The summed E-state index contributed by atoms with van der Waals surface area (Å²) in [5.74, 6) is 0. The van der Waals surface area contributed by atoms with Crippen molar-refractivity contribution in [1.29, 1.82) is 0 Å². The molecule has 0 saturated heterocycles. The summed E-state index contributed by atoms with van der Waals surface area (Å²) in [6, 6.07) is 0. The molecule has 0 unspecified atom stereocenters. The van der Waals surface area contributed by atoms with Gasteiger partial charge in [-0.3, -0.25) is 0 Å². The van der Waals surface area contributed by atoms with Gasteiger partial charge in [0.2, 0.25) is 0 Å². The molecule has 2 rings (SSSR count). The Labute approximate surface area is 101 Å². The molecule has 2 aromatic heterocycles. The van der Waals surface area contributed by atoms with Crippen LogP contribution in [0.25, 0.3) is 11.0 Å². The van der Waals surface area contributed by atoms with Gasteiger partial charge in [-0.2, -0.15) is 10.2 Å². The van der Waals surface area contributed by atoms with E-state index in [-0.39, 0.29) is 10.8 Å². The second kappa shape index (κ2) is 3.48. The quantitative estimate of drug-likeness (QED) is 0.701. The first-order valence-corrected chi connectivity index (χ1v) is 5.71. The Morgan fingerprint density at radius 1 is 0.706 bits per heavy atom. The van der Waals surface area contributed by atoms with E-state index >= 15 is 0 Å². The molecule has 0 N–H and O–H groups in total. The first kappa shape index (κ1) is 12.0. The van der Waals surface area contributed by atoms with Crippen molar-refractivity contribution >= 4 is 11.0 Å². The summed E-state index contributed by atoms with van der Waals surface area (Å²) in [4.78, 5) is 0. The summed E-state index contributed by atoms with van der Waals surface area (Å²) in [6.45, 7) is 12.4. The zero-order valence-corrected chi connectivity index (χ0v) is 11.2. The Hall–Kier alpha value is -1.52. The van der Waals surface area contributed by atoms with Crippen molar-refractivity contribution in [1.82, 2.24) is 20.5 Å². The highest BCUT2D eigenvalue weighted by Crippen LogP contribution is 2.31. The summed E-state index contributed by atoms with van der Waals surface area (Å²) < 4.78 is 4.86. The topological polar surface area (TPSA) is 64.7 Å². The molecule has 0 atom stereocenters. The van der Waals surface area contributed by atoms with Crippen LogP contribution in [-0.4, -0.2) is 20.5 Å². The van der Waals surface area contributed by atoms with Gasteiger partial charge in [0.05, 0.1) is 11.4 Å². The summed E-state index contributed by atoms with van der Waals surface area (Å²) in [5, 5.41) is 16.5. The van der Waals surface area contributed by atoms with E-state index in [1.165, 1.54) is 0 Å². The van der Waals surface area contributed by atoms with E-state index in [0.717, 1.165) is 22.4 Å².